The normalized spacial score (nSPS) is 20.4. The molecule has 1 saturated carbocycles. The standard InChI is InChI=1S/C7H14NO/c1-2-8(5-6-9)7-3-4-7/h2,7,9H,3-6H2,1H3/q+1. The summed E-state index contributed by atoms with van der Waals surface area (Å²) in [6.45, 7) is 3.11. The zero-order valence-electron chi connectivity index (χ0n) is 5.88. The lowest BCUT2D eigenvalue weighted by molar-refractivity contribution is -0.540. The molecule has 0 radical (unpaired) electrons. The predicted octanol–water partition coefficient (Wildman–Crippen LogP) is 0.244. The van der Waals surface area contributed by atoms with Crippen molar-refractivity contribution in [1.29, 1.82) is 0 Å². The number of hydrogen-bond donors (Lipinski definition) is 1. The van der Waals surface area contributed by atoms with Gasteiger partial charge in [0.15, 0.2) is 12.6 Å². The van der Waals surface area contributed by atoms with E-state index in [0.717, 1.165) is 12.6 Å². The third-order valence-electron chi connectivity index (χ3n) is 1.71. The van der Waals surface area contributed by atoms with Gasteiger partial charge in [0, 0.05) is 19.8 Å². The summed E-state index contributed by atoms with van der Waals surface area (Å²) < 4.78 is 2.21. The Morgan fingerprint density at radius 1 is 1.67 bits per heavy atom. The molecule has 0 aromatic heterocycles. The van der Waals surface area contributed by atoms with Gasteiger partial charge in [-0.05, 0) is 0 Å². The molecule has 2 heteroatoms. The summed E-state index contributed by atoms with van der Waals surface area (Å²) in [6, 6.07) is 0.752. The number of nitrogens with zero attached hydrogens (tertiary/aromatic N) is 1. The molecule has 1 aliphatic rings. The molecule has 0 spiro atoms. The first-order chi connectivity index (χ1) is 4.38. The Morgan fingerprint density at radius 3 is 2.67 bits per heavy atom. The minimum atomic E-state index is 0.279. The second kappa shape index (κ2) is 2.97. The summed E-state index contributed by atoms with van der Waals surface area (Å²) in [5.41, 5.74) is 0. The Balaban J connectivity index is 2.30. The Morgan fingerprint density at radius 2 is 2.33 bits per heavy atom. The maximum Gasteiger partial charge on any atom is 0.165 e. The van der Waals surface area contributed by atoms with Gasteiger partial charge >= 0.3 is 0 Å². The van der Waals surface area contributed by atoms with E-state index in [0.29, 0.717) is 0 Å². The van der Waals surface area contributed by atoms with Crippen LogP contribution in [0.5, 0.6) is 0 Å². The molecule has 9 heavy (non-hydrogen) atoms. The van der Waals surface area contributed by atoms with E-state index < -0.39 is 0 Å². The van der Waals surface area contributed by atoms with Crippen molar-refractivity contribution in [3.05, 3.63) is 0 Å². The fourth-order valence-corrected chi connectivity index (χ4v) is 1.04. The minimum Gasteiger partial charge on any atom is -0.390 e. The van der Waals surface area contributed by atoms with Gasteiger partial charge in [-0.25, -0.2) is 4.58 Å². The fourth-order valence-electron chi connectivity index (χ4n) is 1.04. The predicted molar refractivity (Wildman–Crippen MR) is 37.0 cm³/mol. The summed E-state index contributed by atoms with van der Waals surface area (Å²) in [4.78, 5) is 0. The lowest BCUT2D eigenvalue weighted by atomic mass is 10.5. The van der Waals surface area contributed by atoms with E-state index in [2.05, 4.69) is 10.8 Å². The molecule has 0 saturated heterocycles. The summed E-state index contributed by atoms with van der Waals surface area (Å²) >= 11 is 0. The second-order valence-corrected chi connectivity index (χ2v) is 2.45. The van der Waals surface area contributed by atoms with Gasteiger partial charge in [-0.1, -0.05) is 0 Å². The summed E-state index contributed by atoms with van der Waals surface area (Å²) in [5, 5.41) is 8.58. The van der Waals surface area contributed by atoms with Crippen LogP contribution in [-0.4, -0.2) is 35.1 Å². The lowest BCUT2D eigenvalue weighted by Crippen LogP contribution is -2.18. The van der Waals surface area contributed by atoms with Crippen LogP contribution in [0.3, 0.4) is 0 Å². The van der Waals surface area contributed by atoms with Gasteiger partial charge in [0.2, 0.25) is 0 Å². The summed E-state index contributed by atoms with van der Waals surface area (Å²) in [6.07, 6.45) is 4.68. The van der Waals surface area contributed by atoms with E-state index >= 15 is 0 Å². The molecule has 0 amide bonds. The number of rotatable bonds is 3. The molecule has 0 aromatic carbocycles. The molecular weight excluding hydrogens is 114 g/mol. The van der Waals surface area contributed by atoms with Crippen LogP contribution in [0.4, 0.5) is 0 Å². The number of hydrogen-bond acceptors (Lipinski definition) is 1. The lowest BCUT2D eigenvalue weighted by Gasteiger charge is -1.95. The third kappa shape index (κ3) is 1.79. The van der Waals surface area contributed by atoms with Crippen molar-refractivity contribution in [2.24, 2.45) is 0 Å². The molecule has 0 aliphatic heterocycles. The highest BCUT2D eigenvalue weighted by molar-refractivity contribution is 5.47. The van der Waals surface area contributed by atoms with Crippen LogP contribution in [0, 0.1) is 0 Å². The Kier molecular flexibility index (Phi) is 2.22. The first-order valence-electron chi connectivity index (χ1n) is 3.54. The van der Waals surface area contributed by atoms with E-state index in [9.17, 15) is 0 Å². The molecule has 0 bridgehead atoms. The van der Waals surface area contributed by atoms with Crippen LogP contribution in [0.15, 0.2) is 0 Å². The van der Waals surface area contributed by atoms with Crippen molar-refractivity contribution in [3.63, 3.8) is 0 Å². The highest BCUT2D eigenvalue weighted by atomic mass is 16.3. The zero-order chi connectivity index (χ0) is 6.69. The maximum atomic E-state index is 8.58. The van der Waals surface area contributed by atoms with E-state index in [4.69, 9.17) is 5.11 Å². The Hall–Kier alpha value is -0.370. The molecule has 1 aliphatic carbocycles. The maximum absolute atomic E-state index is 8.58. The van der Waals surface area contributed by atoms with Gasteiger partial charge in [0.1, 0.15) is 12.8 Å². The molecule has 2 nitrogen and oxygen atoms in total. The van der Waals surface area contributed by atoms with Gasteiger partial charge in [0.05, 0.1) is 0 Å². The fraction of sp³-hybridized carbons (Fsp3) is 0.857. The quantitative estimate of drug-likeness (QED) is 0.427. The summed E-state index contributed by atoms with van der Waals surface area (Å²) in [5.74, 6) is 0. The van der Waals surface area contributed by atoms with Gasteiger partial charge in [-0.15, -0.1) is 0 Å². The van der Waals surface area contributed by atoms with Crippen LogP contribution >= 0.6 is 0 Å². The SMILES string of the molecule is CC=[N+](CCO)C1CC1. The van der Waals surface area contributed by atoms with Gasteiger partial charge in [-0.3, -0.25) is 0 Å². The topological polar surface area (TPSA) is 23.2 Å². The van der Waals surface area contributed by atoms with Crippen LogP contribution < -0.4 is 0 Å². The van der Waals surface area contributed by atoms with Crippen LogP contribution in [0.1, 0.15) is 19.8 Å². The van der Waals surface area contributed by atoms with Crippen molar-refractivity contribution in [2.45, 2.75) is 25.8 Å². The average Bonchev–Trinajstić information content (AvgIpc) is 2.64. The Bertz CT molecular complexity index is 116. The highest BCUT2D eigenvalue weighted by Crippen LogP contribution is 2.22. The molecule has 0 atom stereocenters. The molecule has 1 N–H and O–H groups in total. The third-order valence-corrected chi connectivity index (χ3v) is 1.71. The van der Waals surface area contributed by atoms with E-state index in [1.54, 1.807) is 0 Å². The first-order valence-corrected chi connectivity index (χ1v) is 3.54. The molecule has 1 rings (SSSR count). The van der Waals surface area contributed by atoms with Crippen molar-refractivity contribution in [1.82, 2.24) is 0 Å². The average molecular weight is 128 g/mol. The highest BCUT2D eigenvalue weighted by Gasteiger charge is 2.31. The molecule has 0 unspecified atom stereocenters. The largest absolute Gasteiger partial charge is 0.390 e. The molecule has 0 heterocycles. The van der Waals surface area contributed by atoms with Gasteiger partial charge in [0.25, 0.3) is 0 Å². The molecule has 0 aromatic rings. The van der Waals surface area contributed by atoms with Crippen molar-refractivity contribution in [3.8, 4) is 0 Å². The van der Waals surface area contributed by atoms with Crippen LogP contribution in [0.25, 0.3) is 0 Å². The summed E-state index contributed by atoms with van der Waals surface area (Å²) in [7, 11) is 0. The number of aliphatic hydroxyl groups is 1. The van der Waals surface area contributed by atoms with E-state index in [-0.39, 0.29) is 6.61 Å². The molecule has 52 valence electrons. The second-order valence-electron chi connectivity index (χ2n) is 2.45. The van der Waals surface area contributed by atoms with Crippen molar-refractivity contribution < 1.29 is 9.68 Å². The van der Waals surface area contributed by atoms with Crippen LogP contribution in [-0.2, 0) is 0 Å². The van der Waals surface area contributed by atoms with Crippen molar-refractivity contribution in [2.75, 3.05) is 13.2 Å². The van der Waals surface area contributed by atoms with E-state index in [1.165, 1.54) is 12.8 Å². The smallest absolute Gasteiger partial charge is 0.165 e. The van der Waals surface area contributed by atoms with Crippen LogP contribution in [0.2, 0.25) is 0 Å². The molecular formula is C7H14NO+. The number of aliphatic hydroxyl groups excluding tert-OH is 1. The van der Waals surface area contributed by atoms with Gasteiger partial charge < -0.3 is 5.11 Å². The monoisotopic (exact) mass is 128 g/mol. The van der Waals surface area contributed by atoms with E-state index in [1.807, 2.05) is 6.92 Å². The van der Waals surface area contributed by atoms with Crippen molar-refractivity contribution >= 4 is 6.21 Å². The Labute approximate surface area is 55.8 Å². The first kappa shape index (κ1) is 6.75. The van der Waals surface area contributed by atoms with Gasteiger partial charge in [-0.2, -0.15) is 0 Å². The zero-order valence-corrected chi connectivity index (χ0v) is 5.88. The minimum absolute atomic E-state index is 0.279. The molecule has 1 fully saturated rings.